The van der Waals surface area contributed by atoms with Gasteiger partial charge in [-0.2, -0.15) is 5.26 Å². The summed E-state index contributed by atoms with van der Waals surface area (Å²) < 4.78 is 0. The van der Waals surface area contributed by atoms with Gasteiger partial charge < -0.3 is 5.32 Å². The second-order valence-corrected chi connectivity index (χ2v) is 7.32. The SMILES string of the molecule is N#Cc1c(CC(=O)c2nc3c(s2)CNCC3)cccc1-c1ccccc1. The standard InChI is InChI=1S/C21H17N3OS/c22-12-17-15(7-4-8-16(17)14-5-2-1-3-6-14)11-19(25)21-24-18-9-10-23-13-20(18)26-21/h1-8,23H,9-11,13H2. The number of carbonyl (C=O) groups is 1. The number of nitriles is 1. The van der Waals surface area contributed by atoms with Gasteiger partial charge in [0.05, 0.1) is 11.3 Å². The Morgan fingerprint density at radius 1 is 1.19 bits per heavy atom. The van der Waals surface area contributed by atoms with E-state index in [0.717, 1.165) is 46.8 Å². The van der Waals surface area contributed by atoms with Crippen LogP contribution < -0.4 is 5.32 Å². The molecule has 2 heterocycles. The molecular weight excluding hydrogens is 342 g/mol. The molecule has 0 aliphatic carbocycles. The summed E-state index contributed by atoms with van der Waals surface area (Å²) in [5.74, 6) is -0.0221. The minimum Gasteiger partial charge on any atom is -0.311 e. The number of rotatable bonds is 4. The first kappa shape index (κ1) is 16.6. The van der Waals surface area contributed by atoms with Crippen molar-refractivity contribution in [1.29, 1.82) is 5.26 Å². The number of aromatic nitrogens is 1. The number of ketones is 1. The first-order chi connectivity index (χ1) is 12.8. The lowest BCUT2D eigenvalue weighted by atomic mass is 9.94. The first-order valence-electron chi connectivity index (χ1n) is 8.56. The topological polar surface area (TPSA) is 65.8 Å². The van der Waals surface area contributed by atoms with E-state index in [1.54, 1.807) is 0 Å². The molecule has 0 bridgehead atoms. The molecule has 0 atom stereocenters. The van der Waals surface area contributed by atoms with Crippen LogP contribution in [0.5, 0.6) is 0 Å². The second-order valence-electron chi connectivity index (χ2n) is 6.23. The van der Waals surface area contributed by atoms with Crippen molar-refractivity contribution in [2.45, 2.75) is 19.4 Å². The van der Waals surface area contributed by atoms with E-state index in [1.165, 1.54) is 11.3 Å². The van der Waals surface area contributed by atoms with Gasteiger partial charge in [-0.25, -0.2) is 4.98 Å². The summed E-state index contributed by atoms with van der Waals surface area (Å²) in [7, 11) is 0. The van der Waals surface area contributed by atoms with Crippen LogP contribution >= 0.6 is 11.3 Å². The van der Waals surface area contributed by atoms with Crippen molar-refractivity contribution in [2.75, 3.05) is 6.54 Å². The Morgan fingerprint density at radius 3 is 2.81 bits per heavy atom. The van der Waals surface area contributed by atoms with Gasteiger partial charge >= 0.3 is 0 Å². The van der Waals surface area contributed by atoms with Crippen LogP contribution in [0, 0.1) is 11.3 Å². The van der Waals surface area contributed by atoms with Gasteiger partial charge in [-0.05, 0) is 16.7 Å². The van der Waals surface area contributed by atoms with E-state index in [9.17, 15) is 10.1 Å². The first-order valence-corrected chi connectivity index (χ1v) is 9.38. The minimum atomic E-state index is -0.0221. The van der Waals surface area contributed by atoms with E-state index in [2.05, 4.69) is 16.4 Å². The Morgan fingerprint density at radius 2 is 2.04 bits per heavy atom. The van der Waals surface area contributed by atoms with Crippen molar-refractivity contribution < 1.29 is 4.79 Å². The third-order valence-electron chi connectivity index (χ3n) is 4.54. The highest BCUT2D eigenvalue weighted by atomic mass is 32.1. The summed E-state index contributed by atoms with van der Waals surface area (Å²) in [6.07, 6.45) is 1.06. The van der Waals surface area contributed by atoms with Gasteiger partial charge in [0.1, 0.15) is 6.07 Å². The number of nitrogens with zero attached hydrogens (tertiary/aromatic N) is 2. The van der Waals surface area contributed by atoms with Gasteiger partial charge in [-0.3, -0.25) is 4.79 Å². The number of hydrogen-bond acceptors (Lipinski definition) is 5. The molecule has 5 heteroatoms. The van der Waals surface area contributed by atoms with E-state index >= 15 is 0 Å². The van der Waals surface area contributed by atoms with Crippen molar-refractivity contribution in [2.24, 2.45) is 0 Å². The van der Waals surface area contributed by atoms with Gasteiger partial charge in [-0.1, -0.05) is 48.5 Å². The third kappa shape index (κ3) is 3.17. The highest BCUT2D eigenvalue weighted by Gasteiger charge is 2.20. The fraction of sp³-hybridized carbons (Fsp3) is 0.190. The Labute approximate surface area is 156 Å². The minimum absolute atomic E-state index is 0.0221. The fourth-order valence-corrected chi connectivity index (χ4v) is 4.25. The molecule has 0 saturated carbocycles. The van der Waals surface area contributed by atoms with E-state index in [0.29, 0.717) is 10.6 Å². The molecule has 0 spiro atoms. The lowest BCUT2D eigenvalue weighted by molar-refractivity contribution is 0.0992. The summed E-state index contributed by atoms with van der Waals surface area (Å²) in [6.45, 7) is 1.69. The number of Topliss-reactive ketones (excluding diaryl/α,β-unsaturated/α-hetero) is 1. The van der Waals surface area contributed by atoms with Crippen LogP contribution in [0.4, 0.5) is 0 Å². The lowest BCUT2D eigenvalue weighted by Crippen LogP contribution is -2.22. The smallest absolute Gasteiger partial charge is 0.195 e. The molecular formula is C21H17N3OS. The normalized spacial score (nSPS) is 13.0. The number of nitrogens with one attached hydrogen (secondary N) is 1. The molecule has 0 unspecified atom stereocenters. The number of benzene rings is 2. The van der Waals surface area contributed by atoms with Crippen molar-refractivity contribution in [3.8, 4) is 17.2 Å². The number of hydrogen-bond donors (Lipinski definition) is 1. The van der Waals surface area contributed by atoms with Gasteiger partial charge in [0.2, 0.25) is 0 Å². The highest BCUT2D eigenvalue weighted by Crippen LogP contribution is 2.28. The van der Waals surface area contributed by atoms with E-state index in [-0.39, 0.29) is 12.2 Å². The molecule has 0 radical (unpaired) electrons. The van der Waals surface area contributed by atoms with Crippen LogP contribution in [0.1, 0.15) is 31.5 Å². The zero-order valence-corrected chi connectivity index (χ0v) is 15.0. The highest BCUT2D eigenvalue weighted by molar-refractivity contribution is 7.13. The molecule has 26 heavy (non-hydrogen) atoms. The Hall–Kier alpha value is -2.81. The second kappa shape index (κ2) is 7.20. The molecule has 1 N–H and O–H groups in total. The Balaban J connectivity index is 1.65. The molecule has 1 aliphatic rings. The molecule has 3 aromatic rings. The van der Waals surface area contributed by atoms with Crippen LogP contribution in [0.2, 0.25) is 0 Å². The van der Waals surface area contributed by atoms with Crippen LogP contribution in [-0.2, 0) is 19.4 Å². The average Bonchev–Trinajstić information content (AvgIpc) is 3.13. The fourth-order valence-electron chi connectivity index (χ4n) is 3.23. The summed E-state index contributed by atoms with van der Waals surface area (Å²) in [4.78, 5) is 18.4. The monoisotopic (exact) mass is 359 g/mol. The van der Waals surface area contributed by atoms with E-state index in [1.807, 2.05) is 48.5 Å². The molecule has 2 aromatic carbocycles. The Kier molecular flexibility index (Phi) is 4.61. The molecule has 0 amide bonds. The quantitative estimate of drug-likeness (QED) is 0.721. The number of fused-ring (bicyclic) bond motifs is 1. The van der Waals surface area contributed by atoms with Gasteiger partial charge in [-0.15, -0.1) is 11.3 Å². The summed E-state index contributed by atoms with van der Waals surface area (Å²) in [5.41, 5.74) is 4.20. The summed E-state index contributed by atoms with van der Waals surface area (Å²) >= 11 is 1.47. The van der Waals surface area contributed by atoms with Gasteiger partial charge in [0.15, 0.2) is 10.8 Å². The molecule has 1 aromatic heterocycles. The van der Waals surface area contributed by atoms with Crippen molar-refractivity contribution in [1.82, 2.24) is 10.3 Å². The molecule has 4 rings (SSSR count). The van der Waals surface area contributed by atoms with Gasteiger partial charge in [0.25, 0.3) is 0 Å². The van der Waals surface area contributed by atoms with Crippen LogP contribution in [0.15, 0.2) is 48.5 Å². The molecule has 0 fully saturated rings. The largest absolute Gasteiger partial charge is 0.311 e. The number of thiazole rings is 1. The predicted molar refractivity (Wildman–Crippen MR) is 102 cm³/mol. The third-order valence-corrected chi connectivity index (χ3v) is 5.68. The van der Waals surface area contributed by atoms with Crippen molar-refractivity contribution in [3.63, 3.8) is 0 Å². The van der Waals surface area contributed by atoms with Crippen molar-refractivity contribution >= 4 is 17.1 Å². The maximum Gasteiger partial charge on any atom is 0.195 e. The van der Waals surface area contributed by atoms with Crippen LogP contribution in [0.3, 0.4) is 0 Å². The average molecular weight is 359 g/mol. The van der Waals surface area contributed by atoms with Crippen molar-refractivity contribution in [3.05, 3.63) is 75.2 Å². The molecule has 0 saturated heterocycles. The molecule has 128 valence electrons. The summed E-state index contributed by atoms with van der Waals surface area (Å²) in [6, 6.07) is 17.8. The Bertz CT molecular complexity index is 978. The zero-order chi connectivity index (χ0) is 17.9. The van der Waals surface area contributed by atoms with E-state index < -0.39 is 0 Å². The molecule has 1 aliphatic heterocycles. The zero-order valence-electron chi connectivity index (χ0n) is 14.2. The van der Waals surface area contributed by atoms with Crippen LogP contribution in [0.25, 0.3) is 11.1 Å². The van der Waals surface area contributed by atoms with Crippen LogP contribution in [-0.4, -0.2) is 17.3 Å². The maximum absolute atomic E-state index is 12.8. The predicted octanol–water partition coefficient (Wildman–Crippen LogP) is 3.75. The summed E-state index contributed by atoms with van der Waals surface area (Å²) in [5, 5.41) is 13.5. The maximum atomic E-state index is 12.8. The molecule has 4 nitrogen and oxygen atoms in total. The van der Waals surface area contributed by atoms with E-state index in [4.69, 9.17) is 0 Å². The lowest BCUT2D eigenvalue weighted by Gasteiger charge is -2.09. The number of carbonyl (C=O) groups excluding carboxylic acids is 1. The van der Waals surface area contributed by atoms with Gasteiger partial charge in [0, 0.05) is 30.8 Å².